The summed E-state index contributed by atoms with van der Waals surface area (Å²) in [7, 11) is 2.30. The number of hydrogen-bond donors (Lipinski definition) is 0. The maximum Gasteiger partial charge on any atom is 0.414 e. The molecule has 0 atom stereocenters. The van der Waals surface area contributed by atoms with Crippen molar-refractivity contribution in [2.75, 3.05) is 27.3 Å². The number of aliphatic imine (C=N–C) groups is 1. The molecule has 0 bridgehead atoms. The maximum atomic E-state index is 13.9. The summed E-state index contributed by atoms with van der Waals surface area (Å²) in [6, 6.07) is -5.60. The topological polar surface area (TPSA) is 18.8 Å². The molecule has 13 heteroatoms. The van der Waals surface area contributed by atoms with Gasteiger partial charge in [0.05, 0.1) is 8.80 Å². The fraction of sp³-hybridized carbons (Fsp3) is 0.923. The summed E-state index contributed by atoms with van der Waals surface area (Å²) in [6.45, 7) is 3.67. The molecule has 156 valence electrons. The molecule has 0 aliphatic heterocycles. The van der Waals surface area contributed by atoms with E-state index in [0.29, 0.717) is 0 Å². The van der Waals surface area contributed by atoms with Crippen molar-refractivity contribution in [1.82, 2.24) is 9.80 Å². The highest BCUT2D eigenvalue weighted by Crippen LogP contribution is 2.49. The van der Waals surface area contributed by atoms with E-state index < -0.39 is 51.7 Å². The van der Waals surface area contributed by atoms with Crippen molar-refractivity contribution in [3.63, 3.8) is 0 Å². The van der Waals surface area contributed by atoms with Gasteiger partial charge in [0.15, 0.2) is 0 Å². The molecule has 26 heavy (non-hydrogen) atoms. The molecule has 0 aromatic heterocycles. The summed E-state index contributed by atoms with van der Waals surface area (Å²) in [5.74, 6) is -12.4. The second-order valence-electron chi connectivity index (χ2n) is 6.52. The molecule has 0 fully saturated rings. The van der Waals surface area contributed by atoms with Gasteiger partial charge in [0, 0.05) is 40.2 Å². The fourth-order valence-corrected chi connectivity index (χ4v) is 3.29. The Kier molecular flexibility index (Phi) is 7.89. The fourth-order valence-electron chi connectivity index (χ4n) is 2.03. The summed E-state index contributed by atoms with van der Waals surface area (Å²) in [4.78, 5) is 4.55. The first-order valence-corrected chi connectivity index (χ1v) is 10.6. The van der Waals surface area contributed by atoms with Crippen LogP contribution >= 0.6 is 0 Å². The Balaban J connectivity index is 5.77. The summed E-state index contributed by atoms with van der Waals surface area (Å²) in [5.41, 5.74) is 0. The third kappa shape index (κ3) is 6.54. The average Bonchev–Trinajstić information content (AvgIpc) is 2.40. The third-order valence-electron chi connectivity index (χ3n) is 3.18. The minimum absolute atomic E-state index is 0.239. The van der Waals surface area contributed by atoms with E-state index in [1.54, 1.807) is 0 Å². The van der Waals surface area contributed by atoms with E-state index in [-0.39, 0.29) is 6.17 Å². The molecule has 0 saturated heterocycles. The molecule has 0 rings (SSSR count). The van der Waals surface area contributed by atoms with Gasteiger partial charge < -0.3 is 9.80 Å². The molecular formula is C13H22F9N3Si. The molecule has 0 amide bonds. The summed E-state index contributed by atoms with van der Waals surface area (Å²) in [5, 5.41) is 0. The third-order valence-corrected chi connectivity index (χ3v) is 4.46. The molecule has 0 unspecified atom stereocenters. The Bertz CT molecular complexity index is 490. The zero-order valence-electron chi connectivity index (χ0n) is 14.9. The van der Waals surface area contributed by atoms with Crippen LogP contribution in [0.5, 0.6) is 0 Å². The molecule has 0 saturated carbocycles. The molecule has 0 radical (unpaired) electrons. The zero-order chi connectivity index (χ0) is 21.1. The summed E-state index contributed by atoms with van der Waals surface area (Å²) >= 11 is 0. The predicted molar refractivity (Wildman–Crippen MR) is 82.8 cm³/mol. The van der Waals surface area contributed by atoms with Crippen LogP contribution in [0.3, 0.4) is 0 Å². The van der Waals surface area contributed by atoms with Gasteiger partial charge in [-0.1, -0.05) is 13.1 Å². The molecule has 0 aromatic rings. The van der Waals surface area contributed by atoms with Gasteiger partial charge in [0.25, 0.3) is 0 Å². The standard InChI is InChI=1S/C13H22F9N3Si/c1-24(2)9(25(3)8-26(4)5)23-13(21,22)12(19,20)10(14,15)6-7-11(16,17)18/h26H,6-8H2,1-5H3. The summed E-state index contributed by atoms with van der Waals surface area (Å²) in [6.07, 6.45) is -9.74. The lowest BCUT2D eigenvalue weighted by Gasteiger charge is -2.33. The van der Waals surface area contributed by atoms with Crippen molar-refractivity contribution in [3.8, 4) is 0 Å². The lowest BCUT2D eigenvalue weighted by Crippen LogP contribution is -2.55. The van der Waals surface area contributed by atoms with Crippen molar-refractivity contribution in [1.29, 1.82) is 0 Å². The zero-order valence-corrected chi connectivity index (χ0v) is 16.1. The van der Waals surface area contributed by atoms with Gasteiger partial charge in [-0.05, 0) is 0 Å². The van der Waals surface area contributed by atoms with Crippen LogP contribution in [0.25, 0.3) is 0 Å². The second kappa shape index (κ2) is 8.25. The first-order chi connectivity index (χ1) is 11.3. The van der Waals surface area contributed by atoms with E-state index in [2.05, 4.69) is 4.99 Å². The van der Waals surface area contributed by atoms with Crippen LogP contribution < -0.4 is 0 Å². The van der Waals surface area contributed by atoms with Gasteiger partial charge in [-0.3, -0.25) is 0 Å². The highest BCUT2D eigenvalue weighted by molar-refractivity contribution is 6.56. The van der Waals surface area contributed by atoms with Crippen molar-refractivity contribution < 1.29 is 39.5 Å². The lowest BCUT2D eigenvalue weighted by molar-refractivity contribution is -0.312. The number of rotatable bonds is 7. The van der Waals surface area contributed by atoms with E-state index in [1.807, 2.05) is 13.1 Å². The molecule has 0 heterocycles. The van der Waals surface area contributed by atoms with Gasteiger partial charge in [0.2, 0.25) is 5.96 Å². The van der Waals surface area contributed by atoms with E-state index in [1.165, 1.54) is 21.1 Å². The number of guanidine groups is 1. The number of hydrogen-bond acceptors (Lipinski definition) is 1. The van der Waals surface area contributed by atoms with Crippen LogP contribution in [-0.2, 0) is 0 Å². The molecule has 0 spiro atoms. The number of alkyl halides is 9. The molecular weight excluding hydrogens is 397 g/mol. The second-order valence-corrected chi connectivity index (χ2v) is 9.67. The van der Waals surface area contributed by atoms with Crippen molar-refractivity contribution in [3.05, 3.63) is 0 Å². The van der Waals surface area contributed by atoms with E-state index in [9.17, 15) is 39.5 Å². The lowest BCUT2D eigenvalue weighted by atomic mass is 10.0. The Hall–Kier alpha value is -1.14. The molecule has 0 aromatic carbocycles. The smallest absolute Gasteiger partial charge is 0.349 e. The van der Waals surface area contributed by atoms with Gasteiger partial charge in [-0.15, -0.1) is 0 Å². The number of nitrogens with zero attached hydrogens (tertiary/aromatic N) is 3. The first-order valence-electron chi connectivity index (χ1n) is 7.52. The van der Waals surface area contributed by atoms with E-state index >= 15 is 0 Å². The highest BCUT2D eigenvalue weighted by atomic mass is 28.3. The summed E-state index contributed by atoms with van der Waals surface area (Å²) < 4.78 is 118. The van der Waals surface area contributed by atoms with E-state index in [0.717, 1.165) is 9.80 Å². The monoisotopic (exact) mass is 419 g/mol. The molecule has 3 nitrogen and oxygen atoms in total. The van der Waals surface area contributed by atoms with Crippen LogP contribution in [-0.4, -0.2) is 75.9 Å². The molecule has 0 aliphatic rings. The molecule has 0 N–H and O–H groups in total. The van der Waals surface area contributed by atoms with Crippen LogP contribution in [0.2, 0.25) is 13.1 Å². The van der Waals surface area contributed by atoms with Crippen molar-refractivity contribution in [2.24, 2.45) is 4.99 Å². The largest absolute Gasteiger partial charge is 0.414 e. The number of halogens is 9. The van der Waals surface area contributed by atoms with Gasteiger partial charge in [-0.25, -0.2) is 0 Å². The van der Waals surface area contributed by atoms with Crippen molar-refractivity contribution in [2.45, 2.75) is 50.0 Å². The molecule has 0 aliphatic carbocycles. The maximum absolute atomic E-state index is 13.9. The minimum Gasteiger partial charge on any atom is -0.349 e. The van der Waals surface area contributed by atoms with Crippen LogP contribution in [0.15, 0.2) is 4.99 Å². The van der Waals surface area contributed by atoms with Gasteiger partial charge in [0.1, 0.15) is 0 Å². The Morgan fingerprint density at radius 2 is 1.31 bits per heavy atom. The first kappa shape index (κ1) is 24.9. The SMILES string of the molecule is CN(C)C(=NC(F)(F)C(F)(F)C(F)(F)CCC(F)(F)F)N(C)C[SiH](C)C. The van der Waals surface area contributed by atoms with E-state index in [4.69, 9.17) is 0 Å². The highest BCUT2D eigenvalue weighted by Gasteiger charge is 2.72. The Morgan fingerprint density at radius 1 is 0.846 bits per heavy atom. The average molecular weight is 419 g/mol. The normalized spacial score (nSPS) is 14.8. The van der Waals surface area contributed by atoms with Crippen LogP contribution in [0.4, 0.5) is 39.5 Å². The minimum atomic E-state index is -6.09. The quantitative estimate of drug-likeness (QED) is 0.204. The van der Waals surface area contributed by atoms with Crippen LogP contribution in [0.1, 0.15) is 12.8 Å². The Labute approximate surface area is 147 Å². The Morgan fingerprint density at radius 3 is 1.65 bits per heavy atom. The van der Waals surface area contributed by atoms with Gasteiger partial charge >= 0.3 is 24.1 Å². The van der Waals surface area contributed by atoms with Crippen LogP contribution in [0, 0.1) is 0 Å². The van der Waals surface area contributed by atoms with Gasteiger partial charge in [-0.2, -0.15) is 44.5 Å². The van der Waals surface area contributed by atoms with Crippen molar-refractivity contribution >= 4 is 14.8 Å². The predicted octanol–water partition coefficient (Wildman–Crippen LogP) is 4.07.